The third-order valence-corrected chi connectivity index (χ3v) is 3.84. The van der Waals surface area contributed by atoms with Crippen molar-refractivity contribution < 1.29 is 19.1 Å². The van der Waals surface area contributed by atoms with Crippen molar-refractivity contribution in [3.8, 4) is 0 Å². The predicted octanol–water partition coefficient (Wildman–Crippen LogP) is 3.34. The maximum atomic E-state index is 12.5. The number of nitrogens with one attached hydrogen (secondary N) is 2. The highest BCUT2D eigenvalue weighted by Gasteiger charge is 2.23. The van der Waals surface area contributed by atoms with E-state index < -0.39 is 5.97 Å². The molecule has 1 amide bonds. The van der Waals surface area contributed by atoms with E-state index in [4.69, 9.17) is 21.1 Å². The molecule has 2 N–H and O–H groups in total. The number of esters is 1. The van der Waals surface area contributed by atoms with Crippen LogP contribution in [0.3, 0.4) is 0 Å². The van der Waals surface area contributed by atoms with Gasteiger partial charge >= 0.3 is 5.97 Å². The number of aromatic amines is 1. The number of carbonyl (C=O) groups excluding carboxylic acids is 2. The van der Waals surface area contributed by atoms with E-state index >= 15 is 0 Å². The van der Waals surface area contributed by atoms with Gasteiger partial charge in [0, 0.05) is 12.8 Å². The molecule has 7 heteroatoms. The third-order valence-electron chi connectivity index (χ3n) is 3.51. The standard InChI is InChI=1S/C17H19ClN2O4/c1-10-14(17(22)24-9-8-23-3)11(2)19-15(10)16(21)20-13-7-5-4-6-12(13)18/h4-7,19H,8-9H2,1-3H3,(H,20,21). The zero-order valence-electron chi connectivity index (χ0n) is 13.7. The van der Waals surface area contributed by atoms with E-state index in [-0.39, 0.29) is 12.5 Å². The van der Waals surface area contributed by atoms with Crippen LogP contribution in [0, 0.1) is 13.8 Å². The van der Waals surface area contributed by atoms with Crippen LogP contribution in [-0.4, -0.2) is 37.2 Å². The number of rotatable bonds is 6. The summed E-state index contributed by atoms with van der Waals surface area (Å²) in [4.78, 5) is 27.6. The van der Waals surface area contributed by atoms with Crippen LogP contribution in [0.2, 0.25) is 5.02 Å². The molecular weight excluding hydrogens is 332 g/mol. The smallest absolute Gasteiger partial charge is 0.340 e. The maximum absolute atomic E-state index is 12.5. The fraction of sp³-hybridized carbons (Fsp3) is 0.294. The summed E-state index contributed by atoms with van der Waals surface area (Å²) in [6.07, 6.45) is 0. The lowest BCUT2D eigenvalue weighted by Crippen LogP contribution is -2.15. The second kappa shape index (κ2) is 7.99. The van der Waals surface area contributed by atoms with Crippen molar-refractivity contribution in [2.75, 3.05) is 25.6 Å². The molecule has 0 aliphatic carbocycles. The Hall–Kier alpha value is -2.31. The Morgan fingerprint density at radius 1 is 1.21 bits per heavy atom. The fourth-order valence-electron chi connectivity index (χ4n) is 2.32. The molecule has 0 bridgehead atoms. The van der Waals surface area contributed by atoms with E-state index in [1.165, 1.54) is 7.11 Å². The van der Waals surface area contributed by atoms with Gasteiger partial charge in [-0.05, 0) is 31.5 Å². The second-order valence-corrected chi connectivity index (χ2v) is 5.59. The van der Waals surface area contributed by atoms with Crippen molar-refractivity contribution in [2.24, 2.45) is 0 Å². The number of hydrogen-bond donors (Lipinski definition) is 2. The van der Waals surface area contributed by atoms with Crippen molar-refractivity contribution in [3.63, 3.8) is 0 Å². The van der Waals surface area contributed by atoms with Crippen LogP contribution in [0.15, 0.2) is 24.3 Å². The first-order valence-corrected chi connectivity index (χ1v) is 7.74. The van der Waals surface area contributed by atoms with Crippen LogP contribution in [-0.2, 0) is 9.47 Å². The van der Waals surface area contributed by atoms with Gasteiger partial charge in [-0.3, -0.25) is 4.79 Å². The molecule has 0 aliphatic rings. The van der Waals surface area contributed by atoms with Crippen molar-refractivity contribution in [3.05, 3.63) is 51.8 Å². The van der Waals surface area contributed by atoms with Gasteiger partial charge < -0.3 is 19.8 Å². The molecular formula is C17H19ClN2O4. The minimum Gasteiger partial charge on any atom is -0.460 e. The average molecular weight is 351 g/mol. The number of ether oxygens (including phenoxy) is 2. The Morgan fingerprint density at radius 2 is 1.92 bits per heavy atom. The first-order valence-electron chi connectivity index (χ1n) is 7.36. The molecule has 6 nitrogen and oxygen atoms in total. The molecule has 1 aromatic heterocycles. The number of H-pyrrole nitrogens is 1. The molecule has 0 atom stereocenters. The SMILES string of the molecule is COCCOC(=O)c1c(C)[nH]c(C(=O)Nc2ccccc2Cl)c1C. The van der Waals surface area contributed by atoms with Crippen LogP contribution in [0.25, 0.3) is 0 Å². The number of hydrogen-bond acceptors (Lipinski definition) is 4. The summed E-state index contributed by atoms with van der Waals surface area (Å²) in [5, 5.41) is 3.16. The zero-order chi connectivity index (χ0) is 17.7. The molecule has 128 valence electrons. The number of carbonyl (C=O) groups is 2. The highest BCUT2D eigenvalue weighted by Crippen LogP contribution is 2.23. The molecule has 1 aromatic carbocycles. The van der Waals surface area contributed by atoms with E-state index in [0.717, 1.165) is 0 Å². The number of methoxy groups -OCH3 is 1. The van der Waals surface area contributed by atoms with Crippen LogP contribution >= 0.6 is 11.6 Å². The van der Waals surface area contributed by atoms with Crippen LogP contribution < -0.4 is 5.32 Å². The van der Waals surface area contributed by atoms with E-state index in [1.54, 1.807) is 38.1 Å². The first-order chi connectivity index (χ1) is 11.5. The molecule has 0 unspecified atom stereocenters. The molecule has 0 radical (unpaired) electrons. The van der Waals surface area contributed by atoms with Gasteiger partial charge in [-0.25, -0.2) is 4.79 Å². The Morgan fingerprint density at radius 3 is 2.58 bits per heavy atom. The van der Waals surface area contributed by atoms with Gasteiger partial charge in [0.05, 0.1) is 22.9 Å². The Bertz CT molecular complexity index is 755. The lowest BCUT2D eigenvalue weighted by atomic mass is 10.1. The van der Waals surface area contributed by atoms with Crippen LogP contribution in [0.1, 0.15) is 32.1 Å². The Kier molecular flexibility index (Phi) is 6.00. The summed E-state index contributed by atoms with van der Waals surface area (Å²) in [5.74, 6) is -0.866. The predicted molar refractivity (Wildman–Crippen MR) is 91.8 cm³/mol. The number of halogens is 1. The van der Waals surface area contributed by atoms with Gasteiger partial charge in [0.15, 0.2) is 0 Å². The maximum Gasteiger partial charge on any atom is 0.340 e. The number of para-hydroxylation sites is 1. The Labute approximate surface area is 145 Å². The molecule has 24 heavy (non-hydrogen) atoms. The molecule has 0 saturated carbocycles. The minimum atomic E-state index is -0.491. The summed E-state index contributed by atoms with van der Waals surface area (Å²) in [6.45, 7) is 3.87. The number of benzene rings is 1. The summed E-state index contributed by atoms with van der Waals surface area (Å²) in [5.41, 5.74) is 2.25. The van der Waals surface area contributed by atoms with E-state index in [9.17, 15) is 9.59 Å². The fourth-order valence-corrected chi connectivity index (χ4v) is 2.50. The number of aromatic nitrogens is 1. The normalized spacial score (nSPS) is 10.5. The minimum absolute atomic E-state index is 0.153. The molecule has 2 aromatic rings. The zero-order valence-corrected chi connectivity index (χ0v) is 14.5. The second-order valence-electron chi connectivity index (χ2n) is 5.19. The van der Waals surface area contributed by atoms with E-state index in [2.05, 4.69) is 10.3 Å². The van der Waals surface area contributed by atoms with Gasteiger partial charge in [-0.2, -0.15) is 0 Å². The van der Waals surface area contributed by atoms with Gasteiger partial charge in [-0.1, -0.05) is 23.7 Å². The summed E-state index contributed by atoms with van der Waals surface area (Å²) >= 11 is 6.04. The summed E-state index contributed by atoms with van der Waals surface area (Å²) in [7, 11) is 1.53. The molecule has 0 aliphatic heterocycles. The average Bonchev–Trinajstić information content (AvgIpc) is 2.84. The molecule has 0 spiro atoms. The quantitative estimate of drug-likeness (QED) is 0.618. The van der Waals surface area contributed by atoms with Gasteiger partial charge in [-0.15, -0.1) is 0 Å². The number of amides is 1. The first kappa shape index (κ1) is 18.0. The third kappa shape index (κ3) is 3.96. The van der Waals surface area contributed by atoms with Crippen molar-refractivity contribution in [1.82, 2.24) is 4.98 Å². The molecule has 0 fully saturated rings. The van der Waals surface area contributed by atoms with E-state index in [1.807, 2.05) is 0 Å². The largest absolute Gasteiger partial charge is 0.460 e. The van der Waals surface area contributed by atoms with Crippen molar-refractivity contribution >= 4 is 29.2 Å². The lowest BCUT2D eigenvalue weighted by Gasteiger charge is -2.07. The molecule has 2 rings (SSSR count). The summed E-state index contributed by atoms with van der Waals surface area (Å²) in [6, 6.07) is 6.93. The van der Waals surface area contributed by atoms with Gasteiger partial charge in [0.1, 0.15) is 12.3 Å². The number of anilines is 1. The van der Waals surface area contributed by atoms with Gasteiger partial charge in [0.25, 0.3) is 5.91 Å². The highest BCUT2D eigenvalue weighted by atomic mass is 35.5. The van der Waals surface area contributed by atoms with Crippen molar-refractivity contribution in [1.29, 1.82) is 0 Å². The van der Waals surface area contributed by atoms with Crippen LogP contribution in [0.4, 0.5) is 5.69 Å². The van der Waals surface area contributed by atoms with Crippen molar-refractivity contribution in [2.45, 2.75) is 13.8 Å². The topological polar surface area (TPSA) is 80.4 Å². The van der Waals surface area contributed by atoms with E-state index in [0.29, 0.717) is 39.8 Å². The lowest BCUT2D eigenvalue weighted by molar-refractivity contribution is 0.0387. The van der Waals surface area contributed by atoms with Gasteiger partial charge in [0.2, 0.25) is 0 Å². The Balaban J connectivity index is 2.20. The monoisotopic (exact) mass is 350 g/mol. The number of aryl methyl sites for hydroxylation is 1. The highest BCUT2D eigenvalue weighted by molar-refractivity contribution is 6.33. The molecule has 1 heterocycles. The summed E-state index contributed by atoms with van der Waals surface area (Å²) < 4.78 is 9.97. The van der Waals surface area contributed by atoms with Crippen LogP contribution in [0.5, 0.6) is 0 Å². The molecule has 0 saturated heterocycles.